The van der Waals surface area contributed by atoms with E-state index in [4.69, 9.17) is 5.11 Å². The highest BCUT2D eigenvalue weighted by atomic mass is 19.1. The van der Waals surface area contributed by atoms with Crippen LogP contribution in [0.15, 0.2) is 18.2 Å². The molecule has 1 aromatic carbocycles. The van der Waals surface area contributed by atoms with Gasteiger partial charge in [-0.2, -0.15) is 0 Å². The maximum atomic E-state index is 13.2. The van der Waals surface area contributed by atoms with Crippen LogP contribution in [0.25, 0.3) is 0 Å². The largest absolute Gasteiger partial charge is 0.480 e. The van der Waals surface area contributed by atoms with Crippen LogP contribution in [0, 0.1) is 11.6 Å². The van der Waals surface area contributed by atoms with Gasteiger partial charge in [0, 0.05) is 13.2 Å². The minimum Gasteiger partial charge on any atom is -0.480 e. The number of carboxylic acids is 1. The summed E-state index contributed by atoms with van der Waals surface area (Å²) in [5, 5.41) is 12.8. The van der Waals surface area contributed by atoms with E-state index in [2.05, 4.69) is 4.74 Å². The number of carbonyl (C=O) groups excluding carboxylic acids is 1. The van der Waals surface area contributed by atoms with Crippen LogP contribution in [0.4, 0.5) is 19.3 Å². The number of carboxylic acid groups (broad SMARTS) is 1. The topological polar surface area (TPSA) is 87.7 Å². The Hall–Kier alpha value is -2.22. The van der Waals surface area contributed by atoms with Crippen LogP contribution in [0.2, 0.25) is 0 Å². The number of benzene rings is 1. The average Bonchev–Trinajstić information content (AvgIpc) is 2.33. The van der Waals surface area contributed by atoms with Gasteiger partial charge in [0.2, 0.25) is 0 Å². The van der Waals surface area contributed by atoms with Gasteiger partial charge in [0.25, 0.3) is 0 Å². The van der Waals surface area contributed by atoms with Crippen molar-refractivity contribution in [1.82, 2.24) is 5.32 Å². The van der Waals surface area contributed by atoms with Crippen molar-refractivity contribution < 1.29 is 28.2 Å². The van der Waals surface area contributed by atoms with Crippen molar-refractivity contribution >= 4 is 17.7 Å². The Morgan fingerprint density at radius 3 is 2.68 bits per heavy atom. The Bertz CT molecular complexity index is 482. The summed E-state index contributed by atoms with van der Waals surface area (Å²) in [5.41, 5.74) is -0.390. The van der Waals surface area contributed by atoms with Crippen LogP contribution in [-0.4, -0.2) is 36.9 Å². The maximum Gasteiger partial charge on any atom is 0.328 e. The van der Waals surface area contributed by atoms with Gasteiger partial charge in [-0.3, -0.25) is 0 Å². The van der Waals surface area contributed by atoms with Crippen LogP contribution in [0.3, 0.4) is 0 Å². The quantitative estimate of drug-likeness (QED) is 0.752. The van der Waals surface area contributed by atoms with Gasteiger partial charge in [-0.05, 0) is 12.1 Å². The lowest BCUT2D eigenvalue weighted by atomic mass is 10.3. The van der Waals surface area contributed by atoms with E-state index in [0.29, 0.717) is 0 Å². The van der Waals surface area contributed by atoms with Crippen molar-refractivity contribution in [3.05, 3.63) is 29.8 Å². The monoisotopic (exact) mass is 274 g/mol. The van der Waals surface area contributed by atoms with Crippen molar-refractivity contribution in [3.63, 3.8) is 0 Å². The number of methoxy groups -OCH3 is 1. The number of anilines is 1. The van der Waals surface area contributed by atoms with E-state index in [-0.39, 0.29) is 12.3 Å². The fourth-order valence-corrected chi connectivity index (χ4v) is 1.25. The molecule has 0 aliphatic heterocycles. The fourth-order valence-electron chi connectivity index (χ4n) is 1.25. The number of amides is 2. The second-order valence-electron chi connectivity index (χ2n) is 3.57. The van der Waals surface area contributed by atoms with E-state index in [9.17, 15) is 18.4 Å². The van der Waals surface area contributed by atoms with Crippen molar-refractivity contribution in [1.29, 1.82) is 0 Å². The molecule has 2 amide bonds. The Morgan fingerprint density at radius 2 is 2.11 bits per heavy atom. The third-order valence-corrected chi connectivity index (χ3v) is 2.11. The number of hydrogen-bond acceptors (Lipinski definition) is 3. The minimum absolute atomic E-state index is 0.256. The summed E-state index contributed by atoms with van der Waals surface area (Å²) >= 11 is 0. The lowest BCUT2D eigenvalue weighted by molar-refractivity contribution is -0.140. The molecule has 0 aromatic heterocycles. The molecule has 0 saturated heterocycles. The first kappa shape index (κ1) is 14.8. The summed E-state index contributed by atoms with van der Waals surface area (Å²) in [7, 11) is 1.27. The molecule has 1 atom stereocenters. The molecule has 0 aliphatic carbocycles. The SMILES string of the molecule is COCC(NC(=O)Nc1cc(F)ccc1F)C(=O)O. The van der Waals surface area contributed by atoms with E-state index in [1.165, 1.54) is 7.11 Å². The number of nitrogens with one attached hydrogen (secondary N) is 2. The molecule has 1 unspecified atom stereocenters. The average molecular weight is 274 g/mol. The second kappa shape index (κ2) is 6.64. The highest BCUT2D eigenvalue weighted by molar-refractivity contribution is 5.92. The molecule has 0 aliphatic rings. The van der Waals surface area contributed by atoms with Crippen molar-refractivity contribution in [2.75, 3.05) is 19.0 Å². The Labute approximate surface area is 107 Å². The van der Waals surface area contributed by atoms with Crippen molar-refractivity contribution in [2.45, 2.75) is 6.04 Å². The number of rotatable bonds is 5. The van der Waals surface area contributed by atoms with Gasteiger partial charge in [-0.15, -0.1) is 0 Å². The summed E-state index contributed by atoms with van der Waals surface area (Å²) in [6, 6.07) is 0.245. The second-order valence-corrected chi connectivity index (χ2v) is 3.57. The number of urea groups is 1. The molecule has 6 nitrogen and oxygen atoms in total. The van der Waals surface area contributed by atoms with E-state index in [1.54, 1.807) is 0 Å². The van der Waals surface area contributed by atoms with Gasteiger partial charge in [0.15, 0.2) is 6.04 Å². The van der Waals surface area contributed by atoms with Gasteiger partial charge in [-0.25, -0.2) is 18.4 Å². The van der Waals surface area contributed by atoms with E-state index >= 15 is 0 Å². The molecule has 0 fully saturated rings. The molecule has 3 N–H and O–H groups in total. The summed E-state index contributed by atoms with van der Waals surface area (Å²) in [6.45, 7) is -0.256. The third-order valence-electron chi connectivity index (χ3n) is 2.11. The molecule has 0 bridgehead atoms. The molecular weight excluding hydrogens is 262 g/mol. The number of halogens is 2. The van der Waals surface area contributed by atoms with Crippen molar-refractivity contribution in [3.8, 4) is 0 Å². The van der Waals surface area contributed by atoms with Crippen LogP contribution < -0.4 is 10.6 Å². The molecular formula is C11H12F2N2O4. The fraction of sp³-hybridized carbons (Fsp3) is 0.273. The zero-order valence-corrected chi connectivity index (χ0v) is 9.94. The predicted molar refractivity (Wildman–Crippen MR) is 61.8 cm³/mol. The number of hydrogen-bond donors (Lipinski definition) is 3. The van der Waals surface area contributed by atoms with Crippen LogP contribution in [-0.2, 0) is 9.53 Å². The summed E-state index contributed by atoms with van der Waals surface area (Å²) in [6.07, 6.45) is 0. The third kappa shape index (κ3) is 4.51. The van der Waals surface area contributed by atoms with E-state index < -0.39 is 29.7 Å². The Kier molecular flexibility index (Phi) is 5.19. The molecule has 0 saturated carbocycles. The Morgan fingerprint density at radius 1 is 1.42 bits per heavy atom. The van der Waals surface area contributed by atoms with Crippen molar-refractivity contribution in [2.24, 2.45) is 0 Å². The van der Waals surface area contributed by atoms with Gasteiger partial charge < -0.3 is 20.5 Å². The smallest absolute Gasteiger partial charge is 0.328 e. The molecule has 0 heterocycles. The Balaban J connectivity index is 2.68. The summed E-state index contributed by atoms with van der Waals surface area (Å²) in [4.78, 5) is 22.2. The van der Waals surface area contributed by atoms with Crippen LogP contribution in [0.1, 0.15) is 0 Å². The molecule has 19 heavy (non-hydrogen) atoms. The van der Waals surface area contributed by atoms with Gasteiger partial charge in [0.1, 0.15) is 11.6 Å². The lowest BCUT2D eigenvalue weighted by Crippen LogP contribution is -2.45. The van der Waals surface area contributed by atoms with E-state index in [1.807, 2.05) is 10.6 Å². The number of carbonyl (C=O) groups is 2. The normalized spacial score (nSPS) is 11.7. The highest BCUT2D eigenvalue weighted by Gasteiger charge is 2.20. The zero-order valence-electron chi connectivity index (χ0n) is 9.94. The standard InChI is InChI=1S/C11H12F2N2O4/c1-19-5-9(10(16)17)15-11(18)14-8-4-6(12)2-3-7(8)13/h2-4,9H,5H2,1H3,(H,16,17)(H2,14,15,18). The lowest BCUT2D eigenvalue weighted by Gasteiger charge is -2.14. The van der Waals surface area contributed by atoms with Gasteiger partial charge >= 0.3 is 12.0 Å². The molecule has 0 radical (unpaired) electrons. The predicted octanol–water partition coefficient (Wildman–Crippen LogP) is 1.19. The highest BCUT2D eigenvalue weighted by Crippen LogP contribution is 2.14. The van der Waals surface area contributed by atoms with Crippen LogP contribution in [0.5, 0.6) is 0 Å². The number of aliphatic carboxylic acids is 1. The summed E-state index contributed by atoms with van der Waals surface area (Å²) < 4.78 is 30.7. The first-order valence-corrected chi connectivity index (χ1v) is 5.18. The first-order chi connectivity index (χ1) is 8.93. The molecule has 104 valence electrons. The van der Waals surface area contributed by atoms with E-state index in [0.717, 1.165) is 18.2 Å². The zero-order chi connectivity index (χ0) is 14.4. The number of ether oxygens (including phenoxy) is 1. The molecule has 0 spiro atoms. The molecule has 1 aromatic rings. The molecule has 1 rings (SSSR count). The van der Waals surface area contributed by atoms with Gasteiger partial charge in [0.05, 0.1) is 12.3 Å². The minimum atomic E-state index is -1.31. The summed E-state index contributed by atoms with van der Waals surface area (Å²) in [5.74, 6) is -2.88. The first-order valence-electron chi connectivity index (χ1n) is 5.18. The maximum absolute atomic E-state index is 13.2. The van der Waals surface area contributed by atoms with Crippen LogP contribution >= 0.6 is 0 Å². The molecule has 8 heteroatoms. The van der Waals surface area contributed by atoms with Gasteiger partial charge in [-0.1, -0.05) is 0 Å².